The van der Waals surface area contributed by atoms with E-state index in [4.69, 9.17) is 0 Å². The Balaban J connectivity index is 0. The van der Waals surface area contributed by atoms with Crippen LogP contribution in [0.1, 0.15) is 47.0 Å². The lowest BCUT2D eigenvalue weighted by atomic mass is 10.1. The quantitative estimate of drug-likeness (QED) is 0.593. The second kappa shape index (κ2) is 12.9. The molecular formula is C13H27N3O3. The van der Waals surface area contributed by atoms with Crippen LogP contribution in [0.25, 0.3) is 0 Å². The molecule has 0 saturated carbocycles. The Morgan fingerprint density at radius 1 is 1.00 bits per heavy atom. The second-order valence-electron chi connectivity index (χ2n) is 3.85. The van der Waals surface area contributed by atoms with Crippen molar-refractivity contribution in [3.63, 3.8) is 0 Å². The highest BCUT2D eigenvalue weighted by Crippen LogP contribution is 2.01. The van der Waals surface area contributed by atoms with E-state index in [0.29, 0.717) is 13.0 Å². The lowest BCUT2D eigenvalue weighted by Crippen LogP contribution is -2.44. The molecule has 0 spiro atoms. The third-order valence-corrected chi connectivity index (χ3v) is 2.23. The SMILES string of the molecule is CC.CNC(=O)C(CCCCNC(C)=O)NC(C)=O. The standard InChI is InChI=1S/C11H21N3O3.C2H6/c1-8(15)13-7-5-4-6-10(11(17)12-3)14-9(2)16;1-2/h10H,4-7H2,1-3H3,(H,12,17)(H,13,15)(H,14,16);1-2H3. The van der Waals surface area contributed by atoms with E-state index in [1.54, 1.807) is 0 Å². The number of hydrogen-bond acceptors (Lipinski definition) is 3. The zero-order valence-electron chi connectivity index (χ0n) is 12.6. The maximum atomic E-state index is 11.4. The van der Waals surface area contributed by atoms with Crippen LogP contribution in [0.2, 0.25) is 0 Å². The van der Waals surface area contributed by atoms with Crippen LogP contribution in [-0.2, 0) is 14.4 Å². The summed E-state index contributed by atoms with van der Waals surface area (Å²) in [6.07, 6.45) is 2.12. The van der Waals surface area contributed by atoms with Crippen LogP contribution in [0.15, 0.2) is 0 Å². The summed E-state index contributed by atoms with van der Waals surface area (Å²) >= 11 is 0. The van der Waals surface area contributed by atoms with Crippen LogP contribution in [0.5, 0.6) is 0 Å². The van der Waals surface area contributed by atoms with Crippen molar-refractivity contribution >= 4 is 17.7 Å². The molecule has 0 aliphatic heterocycles. The highest BCUT2D eigenvalue weighted by Gasteiger charge is 2.16. The molecule has 0 saturated heterocycles. The van der Waals surface area contributed by atoms with Crippen LogP contribution in [0, 0.1) is 0 Å². The highest BCUT2D eigenvalue weighted by atomic mass is 16.2. The third kappa shape index (κ3) is 12.7. The van der Waals surface area contributed by atoms with Crippen molar-refractivity contribution in [3.05, 3.63) is 0 Å². The fraction of sp³-hybridized carbons (Fsp3) is 0.769. The van der Waals surface area contributed by atoms with Gasteiger partial charge in [0, 0.05) is 27.4 Å². The van der Waals surface area contributed by atoms with Crippen molar-refractivity contribution in [2.45, 2.75) is 53.0 Å². The molecule has 0 aromatic rings. The van der Waals surface area contributed by atoms with Crippen molar-refractivity contribution in [2.75, 3.05) is 13.6 Å². The summed E-state index contributed by atoms with van der Waals surface area (Å²) in [5.74, 6) is -0.477. The average molecular weight is 273 g/mol. The maximum absolute atomic E-state index is 11.4. The first-order valence-corrected chi connectivity index (χ1v) is 6.70. The van der Waals surface area contributed by atoms with Crippen molar-refractivity contribution in [1.29, 1.82) is 0 Å². The number of rotatable bonds is 7. The Hall–Kier alpha value is -1.59. The van der Waals surface area contributed by atoms with Crippen molar-refractivity contribution in [3.8, 4) is 0 Å². The van der Waals surface area contributed by atoms with E-state index in [-0.39, 0.29) is 17.7 Å². The fourth-order valence-corrected chi connectivity index (χ4v) is 1.43. The molecule has 1 atom stereocenters. The van der Waals surface area contributed by atoms with Gasteiger partial charge in [-0.05, 0) is 19.3 Å². The minimum absolute atomic E-state index is 0.0605. The second-order valence-corrected chi connectivity index (χ2v) is 3.85. The molecule has 3 N–H and O–H groups in total. The number of likely N-dealkylation sites (N-methyl/N-ethyl adjacent to an activating group) is 1. The van der Waals surface area contributed by atoms with E-state index in [1.165, 1.54) is 20.9 Å². The number of carbonyl (C=O) groups is 3. The highest BCUT2D eigenvalue weighted by molar-refractivity contribution is 5.86. The van der Waals surface area contributed by atoms with Crippen molar-refractivity contribution < 1.29 is 14.4 Å². The number of hydrogen-bond donors (Lipinski definition) is 3. The minimum Gasteiger partial charge on any atom is -0.357 e. The van der Waals surface area contributed by atoms with Gasteiger partial charge in [-0.2, -0.15) is 0 Å². The molecule has 0 aliphatic carbocycles. The molecule has 6 heteroatoms. The van der Waals surface area contributed by atoms with Crippen LogP contribution in [-0.4, -0.2) is 37.4 Å². The van der Waals surface area contributed by atoms with E-state index >= 15 is 0 Å². The van der Waals surface area contributed by atoms with Gasteiger partial charge in [0.15, 0.2) is 0 Å². The molecule has 6 nitrogen and oxygen atoms in total. The Bertz CT molecular complexity index is 280. The van der Waals surface area contributed by atoms with Crippen LogP contribution in [0.4, 0.5) is 0 Å². The van der Waals surface area contributed by atoms with Gasteiger partial charge in [0.25, 0.3) is 0 Å². The zero-order chi connectivity index (χ0) is 15.3. The lowest BCUT2D eigenvalue weighted by Gasteiger charge is -2.15. The molecule has 112 valence electrons. The van der Waals surface area contributed by atoms with Gasteiger partial charge in [-0.3, -0.25) is 14.4 Å². The molecule has 1 unspecified atom stereocenters. The summed E-state index contributed by atoms with van der Waals surface area (Å²) in [5, 5.41) is 7.77. The van der Waals surface area contributed by atoms with Gasteiger partial charge < -0.3 is 16.0 Å². The van der Waals surface area contributed by atoms with Crippen LogP contribution in [0.3, 0.4) is 0 Å². The van der Waals surface area contributed by atoms with Gasteiger partial charge >= 0.3 is 0 Å². The first-order chi connectivity index (χ1) is 8.97. The van der Waals surface area contributed by atoms with Gasteiger partial charge in [0.1, 0.15) is 6.04 Å². The average Bonchev–Trinajstić information content (AvgIpc) is 2.37. The fourth-order valence-electron chi connectivity index (χ4n) is 1.43. The molecule has 0 rings (SSSR count). The lowest BCUT2D eigenvalue weighted by molar-refractivity contribution is -0.127. The summed E-state index contributed by atoms with van der Waals surface area (Å²) in [6, 6.07) is -0.491. The van der Waals surface area contributed by atoms with Gasteiger partial charge in [0.2, 0.25) is 17.7 Å². The van der Waals surface area contributed by atoms with E-state index in [9.17, 15) is 14.4 Å². The first-order valence-electron chi connectivity index (χ1n) is 6.70. The van der Waals surface area contributed by atoms with Gasteiger partial charge in [-0.25, -0.2) is 0 Å². The minimum atomic E-state index is -0.491. The molecule has 0 aromatic carbocycles. The summed E-state index contributed by atoms with van der Waals surface area (Å²) in [6.45, 7) is 7.44. The van der Waals surface area contributed by atoms with E-state index in [1.807, 2.05) is 13.8 Å². The Morgan fingerprint density at radius 3 is 2.00 bits per heavy atom. The number of nitrogens with one attached hydrogen (secondary N) is 3. The van der Waals surface area contributed by atoms with E-state index < -0.39 is 6.04 Å². The number of unbranched alkanes of at least 4 members (excludes halogenated alkanes) is 1. The monoisotopic (exact) mass is 273 g/mol. The molecule has 0 bridgehead atoms. The molecule has 0 radical (unpaired) electrons. The van der Waals surface area contributed by atoms with Gasteiger partial charge in [0.05, 0.1) is 0 Å². The largest absolute Gasteiger partial charge is 0.357 e. The molecule has 3 amide bonds. The molecule has 0 fully saturated rings. The Morgan fingerprint density at radius 2 is 1.58 bits per heavy atom. The Kier molecular flexibility index (Phi) is 13.4. The number of carbonyl (C=O) groups excluding carboxylic acids is 3. The van der Waals surface area contributed by atoms with Crippen LogP contribution < -0.4 is 16.0 Å². The molecular weight excluding hydrogens is 246 g/mol. The van der Waals surface area contributed by atoms with Crippen molar-refractivity contribution in [2.24, 2.45) is 0 Å². The van der Waals surface area contributed by atoms with Gasteiger partial charge in [-0.15, -0.1) is 0 Å². The zero-order valence-corrected chi connectivity index (χ0v) is 12.6. The summed E-state index contributed by atoms with van der Waals surface area (Å²) in [4.78, 5) is 32.9. The summed E-state index contributed by atoms with van der Waals surface area (Å²) in [5.41, 5.74) is 0. The van der Waals surface area contributed by atoms with Crippen molar-refractivity contribution in [1.82, 2.24) is 16.0 Å². The summed E-state index contributed by atoms with van der Waals surface area (Å²) < 4.78 is 0. The van der Waals surface area contributed by atoms with E-state index in [0.717, 1.165) is 12.8 Å². The molecule has 0 heterocycles. The molecule has 19 heavy (non-hydrogen) atoms. The predicted molar refractivity (Wildman–Crippen MR) is 75.6 cm³/mol. The normalized spacial score (nSPS) is 10.6. The topological polar surface area (TPSA) is 87.3 Å². The Labute approximate surface area is 115 Å². The first kappa shape index (κ1) is 19.7. The van der Waals surface area contributed by atoms with E-state index in [2.05, 4.69) is 16.0 Å². The number of amides is 3. The van der Waals surface area contributed by atoms with Gasteiger partial charge in [-0.1, -0.05) is 13.8 Å². The predicted octanol–water partition coefficient (Wildman–Crippen LogP) is 0.570. The third-order valence-electron chi connectivity index (χ3n) is 2.23. The maximum Gasteiger partial charge on any atom is 0.242 e. The molecule has 0 aliphatic rings. The van der Waals surface area contributed by atoms with Crippen LogP contribution >= 0.6 is 0 Å². The summed E-state index contributed by atoms with van der Waals surface area (Å²) in [7, 11) is 1.54. The smallest absolute Gasteiger partial charge is 0.242 e. The molecule has 0 aromatic heterocycles.